The van der Waals surface area contributed by atoms with Gasteiger partial charge in [0.2, 0.25) is 0 Å². The standard InChI is InChI=1S/C11H10O3/c12-6-7-2-1-3-8-9(13)4-5-10(14)11(7)8/h1-5,12-14H,6H2. The largest absolute Gasteiger partial charge is 0.507 e. The first kappa shape index (κ1) is 8.84. The van der Waals surface area contributed by atoms with Crippen LogP contribution in [0.1, 0.15) is 5.56 Å². The zero-order valence-electron chi connectivity index (χ0n) is 7.44. The van der Waals surface area contributed by atoms with Gasteiger partial charge in [0.15, 0.2) is 0 Å². The molecule has 0 fully saturated rings. The summed E-state index contributed by atoms with van der Waals surface area (Å²) in [5, 5.41) is 29.2. The van der Waals surface area contributed by atoms with Crippen molar-refractivity contribution in [3.05, 3.63) is 35.9 Å². The highest BCUT2D eigenvalue weighted by Crippen LogP contribution is 2.33. The number of hydrogen-bond acceptors (Lipinski definition) is 3. The molecule has 3 N–H and O–H groups in total. The fourth-order valence-electron chi connectivity index (χ4n) is 1.58. The molecule has 3 nitrogen and oxygen atoms in total. The minimum Gasteiger partial charge on any atom is -0.507 e. The van der Waals surface area contributed by atoms with Gasteiger partial charge in [-0.25, -0.2) is 0 Å². The predicted molar refractivity (Wildman–Crippen MR) is 53.2 cm³/mol. The van der Waals surface area contributed by atoms with Crippen LogP contribution in [0.25, 0.3) is 10.8 Å². The van der Waals surface area contributed by atoms with Crippen LogP contribution in [0.5, 0.6) is 11.5 Å². The molecule has 0 saturated carbocycles. The lowest BCUT2D eigenvalue weighted by molar-refractivity contribution is 0.283. The van der Waals surface area contributed by atoms with Crippen molar-refractivity contribution < 1.29 is 15.3 Å². The van der Waals surface area contributed by atoms with Crippen molar-refractivity contribution in [3.63, 3.8) is 0 Å². The lowest BCUT2D eigenvalue weighted by atomic mass is 10.0. The van der Waals surface area contributed by atoms with Crippen molar-refractivity contribution in [2.24, 2.45) is 0 Å². The number of phenolic OH excluding ortho intramolecular Hbond substituents is 2. The Kier molecular flexibility index (Phi) is 2.02. The molecule has 0 heterocycles. The van der Waals surface area contributed by atoms with Crippen LogP contribution in [0.4, 0.5) is 0 Å². The van der Waals surface area contributed by atoms with Crippen LogP contribution in [0.2, 0.25) is 0 Å². The second-order valence-electron chi connectivity index (χ2n) is 3.10. The Morgan fingerprint density at radius 3 is 2.36 bits per heavy atom. The molecule has 0 aromatic heterocycles. The van der Waals surface area contributed by atoms with E-state index in [1.165, 1.54) is 12.1 Å². The maximum absolute atomic E-state index is 9.59. The summed E-state index contributed by atoms with van der Waals surface area (Å²) >= 11 is 0. The van der Waals surface area contributed by atoms with E-state index in [9.17, 15) is 10.2 Å². The van der Waals surface area contributed by atoms with Crippen LogP contribution in [-0.4, -0.2) is 15.3 Å². The summed E-state index contributed by atoms with van der Waals surface area (Å²) < 4.78 is 0. The quantitative estimate of drug-likeness (QED) is 0.600. The molecule has 0 aliphatic heterocycles. The number of benzene rings is 2. The third-order valence-electron chi connectivity index (χ3n) is 2.25. The monoisotopic (exact) mass is 190 g/mol. The van der Waals surface area contributed by atoms with Gasteiger partial charge in [-0.2, -0.15) is 0 Å². The number of aromatic hydroxyl groups is 2. The molecular formula is C11H10O3. The Balaban J connectivity index is 2.92. The number of aliphatic hydroxyl groups is 1. The number of phenols is 2. The fourth-order valence-corrected chi connectivity index (χ4v) is 1.58. The summed E-state index contributed by atoms with van der Waals surface area (Å²) in [6, 6.07) is 7.98. The molecule has 0 bridgehead atoms. The van der Waals surface area contributed by atoms with Gasteiger partial charge < -0.3 is 15.3 Å². The first-order valence-corrected chi connectivity index (χ1v) is 4.27. The highest BCUT2D eigenvalue weighted by atomic mass is 16.3. The van der Waals surface area contributed by atoms with Gasteiger partial charge >= 0.3 is 0 Å². The molecule has 2 aromatic rings. The van der Waals surface area contributed by atoms with Gasteiger partial charge in [-0.3, -0.25) is 0 Å². The van der Waals surface area contributed by atoms with Crippen molar-refractivity contribution in [2.45, 2.75) is 6.61 Å². The minimum absolute atomic E-state index is 0.0717. The lowest BCUT2D eigenvalue weighted by Crippen LogP contribution is -1.86. The molecule has 3 heteroatoms. The maximum Gasteiger partial charge on any atom is 0.124 e. The van der Waals surface area contributed by atoms with Crippen LogP contribution in [0, 0.1) is 0 Å². The van der Waals surface area contributed by atoms with E-state index < -0.39 is 0 Å². The van der Waals surface area contributed by atoms with Crippen LogP contribution in [-0.2, 0) is 6.61 Å². The van der Waals surface area contributed by atoms with Crippen molar-refractivity contribution in [3.8, 4) is 11.5 Å². The lowest BCUT2D eigenvalue weighted by Gasteiger charge is -2.07. The second-order valence-corrected chi connectivity index (χ2v) is 3.10. The van der Waals surface area contributed by atoms with Crippen LogP contribution in [0.3, 0.4) is 0 Å². The highest BCUT2D eigenvalue weighted by Gasteiger charge is 2.07. The third-order valence-corrected chi connectivity index (χ3v) is 2.25. The molecule has 0 aliphatic rings. The predicted octanol–water partition coefficient (Wildman–Crippen LogP) is 1.74. The van der Waals surface area contributed by atoms with E-state index in [2.05, 4.69) is 0 Å². The summed E-state index contributed by atoms with van der Waals surface area (Å²) in [6.07, 6.45) is 0. The van der Waals surface area contributed by atoms with Crippen LogP contribution >= 0.6 is 0 Å². The second kappa shape index (κ2) is 3.20. The molecule has 0 unspecified atom stereocenters. The molecule has 2 rings (SSSR count). The third kappa shape index (κ3) is 1.18. The van der Waals surface area contributed by atoms with Gasteiger partial charge in [0, 0.05) is 10.8 Å². The first-order valence-electron chi connectivity index (χ1n) is 4.27. The maximum atomic E-state index is 9.59. The van der Waals surface area contributed by atoms with Crippen LogP contribution in [0.15, 0.2) is 30.3 Å². The Labute approximate surface area is 80.9 Å². The number of aliphatic hydroxyl groups excluding tert-OH is 1. The smallest absolute Gasteiger partial charge is 0.124 e. The molecule has 2 aromatic carbocycles. The van der Waals surface area contributed by atoms with Crippen molar-refractivity contribution in [1.29, 1.82) is 0 Å². The zero-order valence-corrected chi connectivity index (χ0v) is 7.44. The van der Waals surface area contributed by atoms with Crippen LogP contribution < -0.4 is 0 Å². The van der Waals surface area contributed by atoms with Gasteiger partial charge in [-0.15, -0.1) is 0 Å². The average Bonchev–Trinajstić information content (AvgIpc) is 2.23. The summed E-state index contributed by atoms with van der Waals surface area (Å²) in [5.74, 6) is 0.176. The molecular weight excluding hydrogens is 180 g/mol. The summed E-state index contributed by atoms with van der Waals surface area (Å²) in [4.78, 5) is 0. The summed E-state index contributed by atoms with van der Waals surface area (Å²) in [5.41, 5.74) is 0.607. The molecule has 0 radical (unpaired) electrons. The highest BCUT2D eigenvalue weighted by molar-refractivity contribution is 5.95. The van der Waals surface area contributed by atoms with Gasteiger partial charge in [0.25, 0.3) is 0 Å². The van der Waals surface area contributed by atoms with E-state index in [1.807, 2.05) is 0 Å². The SMILES string of the molecule is OCc1cccc2c(O)ccc(O)c12. The topological polar surface area (TPSA) is 60.7 Å². The summed E-state index contributed by atoms with van der Waals surface area (Å²) in [7, 11) is 0. The Morgan fingerprint density at radius 2 is 1.64 bits per heavy atom. The van der Waals surface area contributed by atoms with E-state index in [1.54, 1.807) is 18.2 Å². The normalized spacial score (nSPS) is 10.6. The van der Waals surface area contributed by atoms with Gasteiger partial charge in [-0.05, 0) is 17.7 Å². The van der Waals surface area contributed by atoms with E-state index >= 15 is 0 Å². The molecule has 0 aliphatic carbocycles. The molecule has 0 saturated heterocycles. The van der Waals surface area contributed by atoms with Crippen molar-refractivity contribution >= 4 is 10.8 Å². The molecule has 14 heavy (non-hydrogen) atoms. The van der Waals surface area contributed by atoms with Gasteiger partial charge in [-0.1, -0.05) is 18.2 Å². The molecule has 0 atom stereocenters. The molecule has 0 amide bonds. The fraction of sp³-hybridized carbons (Fsp3) is 0.0909. The number of rotatable bonds is 1. The van der Waals surface area contributed by atoms with E-state index in [-0.39, 0.29) is 18.1 Å². The summed E-state index contributed by atoms with van der Waals surface area (Å²) in [6.45, 7) is -0.158. The Bertz CT molecular complexity index is 477. The number of hydrogen-bond donors (Lipinski definition) is 3. The molecule has 0 spiro atoms. The van der Waals surface area contributed by atoms with Gasteiger partial charge in [0.1, 0.15) is 11.5 Å². The Morgan fingerprint density at radius 1 is 0.929 bits per heavy atom. The van der Waals surface area contributed by atoms with E-state index in [0.29, 0.717) is 16.3 Å². The zero-order chi connectivity index (χ0) is 10.1. The molecule has 72 valence electrons. The van der Waals surface area contributed by atoms with E-state index in [4.69, 9.17) is 5.11 Å². The van der Waals surface area contributed by atoms with Crippen molar-refractivity contribution in [1.82, 2.24) is 0 Å². The minimum atomic E-state index is -0.158. The average molecular weight is 190 g/mol. The Hall–Kier alpha value is -1.74. The van der Waals surface area contributed by atoms with Crippen molar-refractivity contribution in [2.75, 3.05) is 0 Å². The first-order chi connectivity index (χ1) is 6.74. The van der Waals surface area contributed by atoms with Gasteiger partial charge in [0.05, 0.1) is 6.61 Å². The number of fused-ring (bicyclic) bond motifs is 1. The van der Waals surface area contributed by atoms with E-state index in [0.717, 1.165) is 0 Å².